The van der Waals surface area contributed by atoms with E-state index in [1.54, 1.807) is 23.2 Å². The fourth-order valence-electron chi connectivity index (χ4n) is 3.72. The van der Waals surface area contributed by atoms with Crippen LogP contribution in [0.15, 0.2) is 53.5 Å². The molecule has 0 N–H and O–H groups in total. The van der Waals surface area contributed by atoms with E-state index in [0.29, 0.717) is 35.7 Å². The van der Waals surface area contributed by atoms with Gasteiger partial charge in [-0.05, 0) is 24.1 Å². The monoisotopic (exact) mass is 381 g/mol. The van der Waals surface area contributed by atoms with Crippen molar-refractivity contribution in [2.24, 2.45) is 0 Å². The number of pyridine rings is 1. The van der Waals surface area contributed by atoms with Gasteiger partial charge in [0.1, 0.15) is 5.65 Å². The van der Waals surface area contributed by atoms with Crippen LogP contribution in [-0.2, 0) is 17.8 Å². The van der Waals surface area contributed by atoms with Gasteiger partial charge in [0.25, 0.3) is 5.56 Å². The number of hydrogen-bond acceptors (Lipinski definition) is 3. The fraction of sp³-hybridized carbons (Fsp3) is 0.286. The number of amides is 1. The predicted octanol–water partition coefficient (Wildman–Crippen LogP) is 3.43. The Labute approximate surface area is 162 Å². The van der Waals surface area contributed by atoms with Crippen LogP contribution in [0.3, 0.4) is 0 Å². The Morgan fingerprint density at radius 1 is 1.22 bits per heavy atom. The molecule has 3 aromatic rings. The van der Waals surface area contributed by atoms with Crippen molar-refractivity contribution in [3.05, 3.63) is 80.9 Å². The van der Waals surface area contributed by atoms with Gasteiger partial charge in [-0.2, -0.15) is 0 Å². The highest BCUT2D eigenvalue weighted by molar-refractivity contribution is 6.30. The van der Waals surface area contributed by atoms with Gasteiger partial charge in [0.2, 0.25) is 5.91 Å². The van der Waals surface area contributed by atoms with Gasteiger partial charge in [0.15, 0.2) is 0 Å². The van der Waals surface area contributed by atoms with Crippen molar-refractivity contribution < 1.29 is 4.79 Å². The number of hydrogen-bond donors (Lipinski definition) is 0. The number of fused-ring (bicyclic) bond motifs is 2. The number of rotatable bonds is 3. The van der Waals surface area contributed by atoms with Crippen LogP contribution in [0.5, 0.6) is 0 Å². The molecule has 1 aliphatic heterocycles. The van der Waals surface area contributed by atoms with E-state index >= 15 is 0 Å². The van der Waals surface area contributed by atoms with Crippen LogP contribution in [0.1, 0.15) is 36.1 Å². The molecule has 0 bridgehead atoms. The van der Waals surface area contributed by atoms with Crippen LogP contribution in [-0.4, -0.2) is 26.7 Å². The highest BCUT2D eigenvalue weighted by Crippen LogP contribution is 2.25. The van der Waals surface area contributed by atoms with E-state index in [1.807, 2.05) is 37.3 Å². The molecule has 1 aliphatic rings. The number of aromatic nitrogens is 2. The van der Waals surface area contributed by atoms with E-state index in [0.717, 1.165) is 17.7 Å². The van der Waals surface area contributed by atoms with Crippen molar-refractivity contribution in [1.29, 1.82) is 0 Å². The van der Waals surface area contributed by atoms with Gasteiger partial charge >= 0.3 is 0 Å². The summed E-state index contributed by atoms with van der Waals surface area (Å²) in [6, 6.07) is 13.3. The predicted molar refractivity (Wildman–Crippen MR) is 105 cm³/mol. The lowest BCUT2D eigenvalue weighted by molar-refractivity contribution is -0.133. The maximum Gasteiger partial charge on any atom is 0.263 e. The van der Waals surface area contributed by atoms with Gasteiger partial charge in [-0.1, -0.05) is 48.9 Å². The Kier molecular flexibility index (Phi) is 4.70. The van der Waals surface area contributed by atoms with E-state index in [4.69, 9.17) is 11.6 Å². The molecule has 1 aromatic carbocycles. The summed E-state index contributed by atoms with van der Waals surface area (Å²) in [5.41, 5.74) is 2.80. The minimum Gasteiger partial charge on any atom is -0.337 e. The molecule has 0 radical (unpaired) electrons. The normalized spacial score (nSPS) is 14.8. The SMILES string of the molecule is CC[C@@H](C(=O)N1CCc2nc3ccc(Cl)cn3c(=O)c2C1)c1ccccc1. The van der Waals surface area contributed by atoms with Crippen LogP contribution in [0.25, 0.3) is 5.65 Å². The van der Waals surface area contributed by atoms with Gasteiger partial charge in [-0.15, -0.1) is 0 Å². The fourth-order valence-corrected chi connectivity index (χ4v) is 3.88. The minimum atomic E-state index is -0.196. The molecule has 138 valence electrons. The van der Waals surface area contributed by atoms with Crippen molar-refractivity contribution in [3.8, 4) is 0 Å². The number of benzene rings is 1. The molecule has 5 nitrogen and oxygen atoms in total. The zero-order valence-electron chi connectivity index (χ0n) is 15.1. The lowest BCUT2D eigenvalue weighted by atomic mass is 9.94. The largest absolute Gasteiger partial charge is 0.337 e. The summed E-state index contributed by atoms with van der Waals surface area (Å²) in [7, 11) is 0. The van der Waals surface area contributed by atoms with Gasteiger partial charge in [0.05, 0.1) is 28.7 Å². The molecular weight excluding hydrogens is 362 g/mol. The molecule has 0 aliphatic carbocycles. The third-order valence-electron chi connectivity index (χ3n) is 5.15. The van der Waals surface area contributed by atoms with Crippen molar-refractivity contribution >= 4 is 23.2 Å². The first kappa shape index (κ1) is 17.7. The van der Waals surface area contributed by atoms with Crippen molar-refractivity contribution in [3.63, 3.8) is 0 Å². The van der Waals surface area contributed by atoms with Gasteiger partial charge in [-0.3, -0.25) is 14.0 Å². The highest BCUT2D eigenvalue weighted by atomic mass is 35.5. The molecule has 0 unspecified atom stereocenters. The van der Waals surface area contributed by atoms with E-state index in [-0.39, 0.29) is 17.4 Å². The average Bonchev–Trinajstić information content (AvgIpc) is 2.70. The smallest absolute Gasteiger partial charge is 0.263 e. The van der Waals surface area contributed by atoms with E-state index in [9.17, 15) is 9.59 Å². The summed E-state index contributed by atoms with van der Waals surface area (Å²) in [4.78, 5) is 32.5. The third-order valence-corrected chi connectivity index (χ3v) is 5.38. The minimum absolute atomic E-state index is 0.0601. The van der Waals surface area contributed by atoms with E-state index < -0.39 is 0 Å². The zero-order valence-corrected chi connectivity index (χ0v) is 15.8. The topological polar surface area (TPSA) is 54.7 Å². The number of halogens is 1. The van der Waals surface area contributed by atoms with Crippen LogP contribution in [0.4, 0.5) is 0 Å². The van der Waals surface area contributed by atoms with Crippen molar-refractivity contribution in [1.82, 2.24) is 14.3 Å². The molecule has 3 heterocycles. The van der Waals surface area contributed by atoms with E-state index in [1.165, 1.54) is 4.40 Å². The number of carbonyl (C=O) groups excluding carboxylic acids is 1. The molecular formula is C21H20ClN3O2. The quantitative estimate of drug-likeness (QED) is 0.698. The first-order chi connectivity index (χ1) is 13.1. The molecule has 0 spiro atoms. The number of nitrogens with zero attached hydrogens (tertiary/aromatic N) is 3. The average molecular weight is 382 g/mol. The first-order valence-electron chi connectivity index (χ1n) is 9.12. The lowest BCUT2D eigenvalue weighted by Crippen LogP contribution is -2.42. The Hall–Kier alpha value is -2.66. The second-order valence-corrected chi connectivity index (χ2v) is 7.24. The Morgan fingerprint density at radius 3 is 2.74 bits per heavy atom. The molecule has 2 aromatic heterocycles. The first-order valence-corrected chi connectivity index (χ1v) is 9.49. The summed E-state index contributed by atoms with van der Waals surface area (Å²) in [6.45, 7) is 2.88. The Morgan fingerprint density at radius 2 is 2.00 bits per heavy atom. The Bertz CT molecular complexity index is 1060. The summed E-state index contributed by atoms with van der Waals surface area (Å²) >= 11 is 6.03. The summed E-state index contributed by atoms with van der Waals surface area (Å²) in [5, 5.41) is 0.477. The number of carbonyl (C=O) groups is 1. The maximum atomic E-state index is 13.1. The molecule has 1 amide bonds. The summed E-state index contributed by atoms with van der Waals surface area (Å²) in [5.74, 6) is -0.136. The highest BCUT2D eigenvalue weighted by Gasteiger charge is 2.29. The van der Waals surface area contributed by atoms with Gasteiger partial charge in [0, 0.05) is 19.2 Å². The zero-order chi connectivity index (χ0) is 19.0. The van der Waals surface area contributed by atoms with E-state index in [2.05, 4.69) is 4.98 Å². The van der Waals surface area contributed by atoms with Crippen LogP contribution >= 0.6 is 11.6 Å². The molecule has 0 fully saturated rings. The Balaban J connectivity index is 1.68. The summed E-state index contributed by atoms with van der Waals surface area (Å²) < 4.78 is 1.46. The second-order valence-electron chi connectivity index (χ2n) is 6.80. The standard InChI is InChI=1S/C21H20ClN3O2/c1-2-16(14-6-4-3-5-7-14)20(26)24-11-10-18-17(13-24)21(27)25-12-15(22)8-9-19(25)23-18/h3-9,12,16H,2,10-11,13H2,1H3/t16-/m1/s1. The second kappa shape index (κ2) is 7.16. The maximum absolute atomic E-state index is 13.1. The van der Waals surface area contributed by atoms with Crippen molar-refractivity contribution in [2.75, 3.05) is 6.54 Å². The molecule has 0 saturated carbocycles. The van der Waals surface area contributed by atoms with Crippen molar-refractivity contribution in [2.45, 2.75) is 32.2 Å². The van der Waals surface area contributed by atoms with Crippen LogP contribution in [0.2, 0.25) is 5.02 Å². The molecule has 6 heteroatoms. The molecule has 27 heavy (non-hydrogen) atoms. The lowest BCUT2D eigenvalue weighted by Gasteiger charge is -2.31. The summed E-state index contributed by atoms with van der Waals surface area (Å²) in [6.07, 6.45) is 2.88. The molecule has 0 saturated heterocycles. The van der Waals surface area contributed by atoms with Crippen LogP contribution < -0.4 is 5.56 Å². The third kappa shape index (κ3) is 3.23. The van der Waals surface area contributed by atoms with Gasteiger partial charge in [-0.25, -0.2) is 4.98 Å². The molecule has 1 atom stereocenters. The molecule has 4 rings (SSSR count). The van der Waals surface area contributed by atoms with Crippen LogP contribution in [0, 0.1) is 0 Å². The van der Waals surface area contributed by atoms with Gasteiger partial charge < -0.3 is 4.90 Å².